The molecule has 1 aromatic heterocycles. The van der Waals surface area contributed by atoms with Crippen molar-refractivity contribution < 1.29 is 9.53 Å². The Morgan fingerprint density at radius 1 is 1.12 bits per heavy atom. The van der Waals surface area contributed by atoms with Crippen LogP contribution in [0.1, 0.15) is 32.7 Å². The van der Waals surface area contributed by atoms with Gasteiger partial charge < -0.3 is 4.74 Å². The van der Waals surface area contributed by atoms with Gasteiger partial charge in [0.15, 0.2) is 0 Å². The van der Waals surface area contributed by atoms with Crippen molar-refractivity contribution in [3.05, 3.63) is 70.4 Å². The fourth-order valence-corrected chi connectivity index (χ4v) is 2.90. The summed E-state index contributed by atoms with van der Waals surface area (Å²) in [4.78, 5) is 16.1. The minimum absolute atomic E-state index is 0.351. The number of nitrogens with one attached hydrogen (secondary N) is 1. The molecule has 0 aliphatic heterocycles. The zero-order valence-corrected chi connectivity index (χ0v) is 15.3. The molecule has 2 aromatic carbocycles. The predicted molar refractivity (Wildman–Crippen MR) is 105 cm³/mol. The molecule has 0 aliphatic carbocycles. The Bertz CT molecular complexity index is 992. The molecule has 0 fully saturated rings. The molecule has 1 N–H and O–H groups in total. The maximum atomic E-state index is 11.5. The lowest BCUT2D eigenvalue weighted by Gasteiger charge is -2.10. The van der Waals surface area contributed by atoms with Crippen molar-refractivity contribution in [3.63, 3.8) is 0 Å². The van der Waals surface area contributed by atoms with Gasteiger partial charge in [0.25, 0.3) is 0 Å². The highest BCUT2D eigenvalue weighted by Gasteiger charge is 2.07. The Morgan fingerprint density at radius 2 is 1.85 bits per heavy atom. The molecular formula is C21H21N3O2. The molecule has 5 nitrogen and oxygen atoms in total. The molecule has 3 aromatic rings. The van der Waals surface area contributed by atoms with Crippen LogP contribution in [0.3, 0.4) is 0 Å². The number of fused-ring (bicyclic) bond motifs is 1. The smallest absolute Gasteiger partial charge is 0.337 e. The van der Waals surface area contributed by atoms with Gasteiger partial charge in [-0.25, -0.2) is 4.79 Å². The molecule has 3 rings (SSSR count). The first kappa shape index (κ1) is 17.6. The number of nitrogens with zero attached hydrogens (tertiary/aromatic N) is 2. The monoisotopic (exact) mass is 347 g/mol. The number of rotatable bonds is 4. The molecule has 132 valence electrons. The molecule has 0 amide bonds. The van der Waals surface area contributed by atoms with E-state index in [4.69, 9.17) is 4.74 Å². The maximum Gasteiger partial charge on any atom is 0.337 e. The van der Waals surface area contributed by atoms with Crippen molar-refractivity contribution in [1.82, 2.24) is 4.98 Å². The summed E-state index contributed by atoms with van der Waals surface area (Å²) in [6, 6.07) is 13.3. The minimum atomic E-state index is -0.351. The number of pyridine rings is 1. The second-order valence-electron chi connectivity index (χ2n) is 6.27. The highest BCUT2D eigenvalue weighted by Crippen LogP contribution is 2.27. The number of benzene rings is 2. The van der Waals surface area contributed by atoms with Crippen LogP contribution in [0.2, 0.25) is 0 Å². The van der Waals surface area contributed by atoms with Crippen LogP contribution >= 0.6 is 0 Å². The van der Waals surface area contributed by atoms with E-state index in [1.54, 1.807) is 18.3 Å². The SMILES string of the molecule is COC(=O)c1ccc(/C=N\Nc2cc(C)nc3c(C)cc(C)cc23)cc1. The maximum absolute atomic E-state index is 11.5. The zero-order chi connectivity index (χ0) is 18.7. The Morgan fingerprint density at radius 3 is 2.54 bits per heavy atom. The van der Waals surface area contributed by atoms with Crippen LogP contribution in [0.5, 0.6) is 0 Å². The number of carbonyl (C=O) groups is 1. The quantitative estimate of drug-likeness (QED) is 0.432. The van der Waals surface area contributed by atoms with Gasteiger partial charge in [-0.3, -0.25) is 10.4 Å². The number of hydrogen-bond acceptors (Lipinski definition) is 5. The van der Waals surface area contributed by atoms with Crippen LogP contribution < -0.4 is 5.43 Å². The summed E-state index contributed by atoms with van der Waals surface area (Å²) in [5, 5.41) is 5.39. The lowest BCUT2D eigenvalue weighted by atomic mass is 10.1. The number of ether oxygens (including phenoxy) is 1. The zero-order valence-electron chi connectivity index (χ0n) is 15.3. The van der Waals surface area contributed by atoms with E-state index in [2.05, 4.69) is 41.5 Å². The highest BCUT2D eigenvalue weighted by molar-refractivity contribution is 5.94. The van der Waals surface area contributed by atoms with Crippen LogP contribution in [-0.4, -0.2) is 24.3 Å². The number of hydrogen-bond donors (Lipinski definition) is 1. The summed E-state index contributed by atoms with van der Waals surface area (Å²) in [5.74, 6) is -0.351. The standard InChI is InChI=1S/C21H21N3O2/c1-13-9-14(2)20-18(10-13)19(11-15(3)23-20)24-22-12-16-5-7-17(8-6-16)21(25)26-4/h5-12H,1-4H3,(H,23,24)/b22-12-. The fourth-order valence-electron chi connectivity index (χ4n) is 2.90. The number of methoxy groups -OCH3 is 1. The Kier molecular flexibility index (Phi) is 4.98. The van der Waals surface area contributed by atoms with Crippen LogP contribution in [0, 0.1) is 20.8 Å². The van der Waals surface area contributed by atoms with Crippen molar-refractivity contribution in [3.8, 4) is 0 Å². The third kappa shape index (κ3) is 3.72. The summed E-state index contributed by atoms with van der Waals surface area (Å²) in [6.45, 7) is 6.11. The number of esters is 1. The molecule has 0 radical (unpaired) electrons. The molecule has 0 aliphatic rings. The van der Waals surface area contributed by atoms with E-state index >= 15 is 0 Å². The third-order valence-electron chi connectivity index (χ3n) is 4.11. The van der Waals surface area contributed by atoms with Crippen LogP contribution in [0.4, 0.5) is 5.69 Å². The molecule has 5 heteroatoms. The van der Waals surface area contributed by atoms with Crippen molar-refractivity contribution in [2.75, 3.05) is 12.5 Å². The van der Waals surface area contributed by atoms with Gasteiger partial charge in [0.2, 0.25) is 0 Å². The first-order chi connectivity index (χ1) is 12.5. The van der Waals surface area contributed by atoms with Gasteiger partial charge in [-0.2, -0.15) is 5.10 Å². The highest BCUT2D eigenvalue weighted by atomic mass is 16.5. The van der Waals surface area contributed by atoms with E-state index in [1.165, 1.54) is 12.7 Å². The largest absolute Gasteiger partial charge is 0.465 e. The summed E-state index contributed by atoms with van der Waals surface area (Å²) in [5.41, 5.74) is 9.68. The Balaban J connectivity index is 1.85. The molecule has 0 spiro atoms. The summed E-state index contributed by atoms with van der Waals surface area (Å²) < 4.78 is 4.70. The first-order valence-corrected chi connectivity index (χ1v) is 8.34. The van der Waals surface area contributed by atoms with E-state index in [0.717, 1.165) is 33.4 Å². The van der Waals surface area contributed by atoms with Gasteiger partial charge in [0.05, 0.1) is 30.1 Å². The minimum Gasteiger partial charge on any atom is -0.465 e. The van der Waals surface area contributed by atoms with Crippen molar-refractivity contribution >= 4 is 28.8 Å². The normalized spacial score (nSPS) is 11.1. The second-order valence-corrected chi connectivity index (χ2v) is 6.27. The second kappa shape index (κ2) is 7.35. The van der Waals surface area contributed by atoms with Gasteiger partial charge in [0.1, 0.15) is 0 Å². The Hall–Kier alpha value is -3.21. The average molecular weight is 347 g/mol. The lowest BCUT2D eigenvalue weighted by Crippen LogP contribution is -2.01. The molecule has 1 heterocycles. The molecule has 0 bridgehead atoms. The van der Waals surface area contributed by atoms with Gasteiger partial charge in [0, 0.05) is 11.1 Å². The van der Waals surface area contributed by atoms with Gasteiger partial charge in [-0.1, -0.05) is 23.8 Å². The number of hydrazone groups is 1. The van der Waals surface area contributed by atoms with Crippen molar-refractivity contribution in [1.29, 1.82) is 0 Å². The summed E-state index contributed by atoms with van der Waals surface area (Å²) >= 11 is 0. The van der Waals surface area contributed by atoms with Crippen LogP contribution in [-0.2, 0) is 4.74 Å². The summed E-state index contributed by atoms with van der Waals surface area (Å²) in [6.07, 6.45) is 1.71. The lowest BCUT2D eigenvalue weighted by molar-refractivity contribution is 0.0600. The number of aryl methyl sites for hydroxylation is 3. The predicted octanol–water partition coefficient (Wildman–Crippen LogP) is 4.39. The molecule has 0 saturated heterocycles. The molecular weight excluding hydrogens is 326 g/mol. The molecule has 0 atom stereocenters. The van der Waals surface area contributed by atoms with E-state index < -0.39 is 0 Å². The number of aromatic nitrogens is 1. The van der Waals surface area contributed by atoms with Gasteiger partial charge in [-0.05, 0) is 56.2 Å². The van der Waals surface area contributed by atoms with Crippen molar-refractivity contribution in [2.45, 2.75) is 20.8 Å². The molecule has 0 saturated carbocycles. The number of anilines is 1. The average Bonchev–Trinajstić information content (AvgIpc) is 2.62. The molecule has 26 heavy (non-hydrogen) atoms. The van der Waals surface area contributed by atoms with Gasteiger partial charge >= 0.3 is 5.97 Å². The third-order valence-corrected chi connectivity index (χ3v) is 4.11. The van der Waals surface area contributed by atoms with E-state index in [-0.39, 0.29) is 5.97 Å². The van der Waals surface area contributed by atoms with E-state index in [1.807, 2.05) is 25.1 Å². The van der Waals surface area contributed by atoms with Crippen LogP contribution in [0.15, 0.2) is 47.6 Å². The van der Waals surface area contributed by atoms with Crippen molar-refractivity contribution in [2.24, 2.45) is 5.10 Å². The van der Waals surface area contributed by atoms with Crippen LogP contribution in [0.25, 0.3) is 10.9 Å². The Labute approximate surface area is 152 Å². The molecule has 0 unspecified atom stereocenters. The summed E-state index contributed by atoms with van der Waals surface area (Å²) in [7, 11) is 1.37. The first-order valence-electron chi connectivity index (χ1n) is 8.34. The van der Waals surface area contributed by atoms with E-state index in [9.17, 15) is 4.79 Å². The van der Waals surface area contributed by atoms with E-state index in [0.29, 0.717) is 5.56 Å². The topological polar surface area (TPSA) is 63.6 Å². The van der Waals surface area contributed by atoms with Gasteiger partial charge in [-0.15, -0.1) is 0 Å². The fraction of sp³-hybridized carbons (Fsp3) is 0.190. The number of carbonyl (C=O) groups excluding carboxylic acids is 1.